The minimum Gasteiger partial charge on any atom is -0.207 e. The number of benzene rings is 1. The maximum absolute atomic E-state index is 13.0. The van der Waals surface area contributed by atoms with Crippen molar-refractivity contribution in [2.75, 3.05) is 0 Å². The van der Waals surface area contributed by atoms with Gasteiger partial charge >= 0.3 is 0 Å². The van der Waals surface area contributed by atoms with Gasteiger partial charge in [-0.3, -0.25) is 0 Å². The Balaban J connectivity index is 1.54. The van der Waals surface area contributed by atoms with Gasteiger partial charge in [0.15, 0.2) is 0 Å². The zero-order valence-corrected chi connectivity index (χ0v) is 13.9. The van der Waals surface area contributed by atoms with Crippen LogP contribution in [0.15, 0.2) is 30.3 Å². The summed E-state index contributed by atoms with van der Waals surface area (Å²) in [4.78, 5) is 0. The highest BCUT2D eigenvalue weighted by molar-refractivity contribution is 5.66. The molecule has 22 heavy (non-hydrogen) atoms. The van der Waals surface area contributed by atoms with E-state index in [0.717, 1.165) is 17.8 Å². The van der Waals surface area contributed by atoms with Crippen molar-refractivity contribution in [2.24, 2.45) is 17.8 Å². The zero-order chi connectivity index (χ0) is 15.4. The maximum atomic E-state index is 13.0. The van der Waals surface area contributed by atoms with Crippen LogP contribution in [0.25, 0.3) is 5.57 Å². The highest BCUT2D eigenvalue weighted by Crippen LogP contribution is 2.41. The molecule has 0 spiro atoms. The molecular formula is C21H29F. The molecule has 1 saturated carbocycles. The van der Waals surface area contributed by atoms with Crippen LogP contribution >= 0.6 is 0 Å². The molecule has 0 radical (unpaired) electrons. The molecule has 0 aromatic heterocycles. The quantitative estimate of drug-likeness (QED) is 0.586. The van der Waals surface area contributed by atoms with Crippen molar-refractivity contribution < 1.29 is 4.39 Å². The first-order chi connectivity index (χ1) is 10.8. The molecule has 1 unspecified atom stereocenters. The van der Waals surface area contributed by atoms with E-state index < -0.39 is 0 Å². The Kier molecular flexibility index (Phi) is 5.33. The van der Waals surface area contributed by atoms with Crippen molar-refractivity contribution >= 4 is 5.57 Å². The van der Waals surface area contributed by atoms with Crippen LogP contribution in [-0.4, -0.2) is 0 Å². The summed E-state index contributed by atoms with van der Waals surface area (Å²) in [6.45, 7) is 2.31. The molecule has 0 bridgehead atoms. The third-order valence-corrected chi connectivity index (χ3v) is 5.92. The molecule has 0 N–H and O–H groups in total. The number of allylic oxidation sites excluding steroid dienone is 2. The molecule has 1 atom stereocenters. The minimum absolute atomic E-state index is 0.137. The van der Waals surface area contributed by atoms with Gasteiger partial charge in [-0.05, 0) is 73.1 Å². The molecule has 1 aromatic rings. The molecule has 0 nitrogen and oxygen atoms in total. The number of halogens is 1. The molecule has 0 saturated heterocycles. The lowest BCUT2D eigenvalue weighted by Gasteiger charge is -2.35. The lowest BCUT2D eigenvalue weighted by atomic mass is 9.70. The van der Waals surface area contributed by atoms with E-state index in [-0.39, 0.29) is 5.82 Å². The summed E-state index contributed by atoms with van der Waals surface area (Å²) in [5.41, 5.74) is 2.64. The Hall–Kier alpha value is -1.11. The highest BCUT2D eigenvalue weighted by atomic mass is 19.1. The van der Waals surface area contributed by atoms with Gasteiger partial charge in [0.1, 0.15) is 5.82 Å². The number of hydrogen-bond donors (Lipinski definition) is 0. The van der Waals surface area contributed by atoms with Gasteiger partial charge in [-0.1, -0.05) is 50.8 Å². The number of rotatable bonds is 4. The second-order valence-electron chi connectivity index (χ2n) is 7.34. The third-order valence-electron chi connectivity index (χ3n) is 5.92. The van der Waals surface area contributed by atoms with Crippen LogP contribution in [0.5, 0.6) is 0 Å². The number of hydrogen-bond acceptors (Lipinski definition) is 0. The average molecular weight is 300 g/mol. The Morgan fingerprint density at radius 2 is 1.68 bits per heavy atom. The van der Waals surface area contributed by atoms with Crippen LogP contribution in [0.2, 0.25) is 0 Å². The fourth-order valence-electron chi connectivity index (χ4n) is 4.57. The second-order valence-corrected chi connectivity index (χ2v) is 7.34. The molecule has 1 aromatic carbocycles. The van der Waals surface area contributed by atoms with Crippen molar-refractivity contribution in [3.05, 3.63) is 41.7 Å². The molecule has 1 fully saturated rings. The highest BCUT2D eigenvalue weighted by Gasteiger charge is 2.28. The van der Waals surface area contributed by atoms with Crippen molar-refractivity contribution in [3.8, 4) is 0 Å². The van der Waals surface area contributed by atoms with Crippen LogP contribution in [0.1, 0.15) is 70.3 Å². The lowest BCUT2D eigenvalue weighted by Crippen LogP contribution is -2.23. The molecule has 3 rings (SSSR count). The van der Waals surface area contributed by atoms with Crippen LogP contribution in [0.3, 0.4) is 0 Å². The maximum Gasteiger partial charge on any atom is 0.123 e. The van der Waals surface area contributed by atoms with Gasteiger partial charge in [0.2, 0.25) is 0 Å². The topological polar surface area (TPSA) is 0 Å². The van der Waals surface area contributed by atoms with Crippen LogP contribution in [0, 0.1) is 23.6 Å². The van der Waals surface area contributed by atoms with E-state index in [1.54, 1.807) is 12.1 Å². The van der Waals surface area contributed by atoms with Crippen molar-refractivity contribution in [1.82, 2.24) is 0 Å². The SMILES string of the molecule is CCC[C@H]1CC[C@H](C2CC=C(c3ccc(F)cc3)CC2)CC1. The van der Waals surface area contributed by atoms with Gasteiger partial charge in [-0.15, -0.1) is 0 Å². The normalized spacial score (nSPS) is 29.2. The summed E-state index contributed by atoms with van der Waals surface area (Å²) in [5.74, 6) is 2.72. The van der Waals surface area contributed by atoms with E-state index in [0.29, 0.717) is 0 Å². The van der Waals surface area contributed by atoms with Gasteiger partial charge < -0.3 is 0 Å². The average Bonchev–Trinajstić information content (AvgIpc) is 2.57. The Bertz CT molecular complexity index is 491. The van der Waals surface area contributed by atoms with Crippen molar-refractivity contribution in [2.45, 2.75) is 64.7 Å². The predicted octanol–water partition coefficient (Wildman–Crippen LogP) is 6.62. The standard InChI is InChI=1S/C21H29F/c1-2-3-16-4-6-17(7-5-16)18-8-10-19(11-9-18)20-12-14-21(22)15-13-20/h10,12-18H,2-9,11H2,1H3/t16-,17-,18?. The van der Waals surface area contributed by atoms with Gasteiger partial charge in [0.25, 0.3) is 0 Å². The second kappa shape index (κ2) is 7.44. The lowest BCUT2D eigenvalue weighted by molar-refractivity contribution is 0.189. The molecular weight excluding hydrogens is 271 g/mol. The Morgan fingerprint density at radius 1 is 0.955 bits per heavy atom. The summed E-state index contributed by atoms with van der Waals surface area (Å²) < 4.78 is 13.0. The van der Waals surface area contributed by atoms with E-state index >= 15 is 0 Å². The first-order valence-electron chi connectivity index (χ1n) is 9.21. The van der Waals surface area contributed by atoms with Gasteiger partial charge in [-0.2, -0.15) is 0 Å². The summed E-state index contributed by atoms with van der Waals surface area (Å²) in [5, 5.41) is 0. The van der Waals surface area contributed by atoms with Crippen molar-refractivity contribution in [3.63, 3.8) is 0 Å². The Morgan fingerprint density at radius 3 is 2.27 bits per heavy atom. The minimum atomic E-state index is -0.137. The third kappa shape index (κ3) is 3.80. The van der Waals surface area contributed by atoms with E-state index in [1.807, 2.05) is 12.1 Å². The largest absolute Gasteiger partial charge is 0.207 e. The van der Waals surface area contributed by atoms with Crippen molar-refractivity contribution in [1.29, 1.82) is 0 Å². The van der Waals surface area contributed by atoms with E-state index in [4.69, 9.17) is 0 Å². The van der Waals surface area contributed by atoms with Crippen LogP contribution < -0.4 is 0 Å². The summed E-state index contributed by atoms with van der Waals surface area (Å²) in [7, 11) is 0. The molecule has 2 aliphatic rings. The van der Waals surface area contributed by atoms with Crippen LogP contribution in [-0.2, 0) is 0 Å². The first-order valence-corrected chi connectivity index (χ1v) is 9.21. The zero-order valence-electron chi connectivity index (χ0n) is 13.9. The molecule has 120 valence electrons. The monoisotopic (exact) mass is 300 g/mol. The van der Waals surface area contributed by atoms with Gasteiger partial charge in [0.05, 0.1) is 0 Å². The van der Waals surface area contributed by atoms with Gasteiger partial charge in [0, 0.05) is 0 Å². The molecule has 1 heteroatoms. The molecule has 2 aliphatic carbocycles. The smallest absolute Gasteiger partial charge is 0.123 e. The molecule has 0 heterocycles. The van der Waals surface area contributed by atoms with E-state index in [9.17, 15) is 4.39 Å². The molecule has 0 aliphatic heterocycles. The van der Waals surface area contributed by atoms with Gasteiger partial charge in [-0.25, -0.2) is 4.39 Å². The summed E-state index contributed by atoms with van der Waals surface area (Å²) in [6.07, 6.45) is 14.8. The van der Waals surface area contributed by atoms with Crippen LogP contribution in [0.4, 0.5) is 4.39 Å². The Labute approximate surface area is 134 Å². The fraction of sp³-hybridized carbons (Fsp3) is 0.619. The first kappa shape index (κ1) is 15.8. The van der Waals surface area contributed by atoms with E-state index in [1.165, 1.54) is 68.9 Å². The molecule has 0 amide bonds. The predicted molar refractivity (Wildman–Crippen MR) is 92.1 cm³/mol. The fourth-order valence-corrected chi connectivity index (χ4v) is 4.57. The summed E-state index contributed by atoms with van der Waals surface area (Å²) >= 11 is 0. The van der Waals surface area contributed by atoms with E-state index in [2.05, 4.69) is 13.0 Å². The summed E-state index contributed by atoms with van der Waals surface area (Å²) in [6, 6.07) is 7.02.